The van der Waals surface area contributed by atoms with Gasteiger partial charge in [-0.2, -0.15) is 5.26 Å². The molecule has 1 unspecified atom stereocenters. The van der Waals surface area contributed by atoms with Crippen LogP contribution in [0.4, 0.5) is 5.13 Å². The van der Waals surface area contributed by atoms with Gasteiger partial charge in [-0.25, -0.2) is 0 Å². The number of nitriles is 1. The molecule has 6 nitrogen and oxygen atoms in total. The number of ketones is 1. The fourth-order valence-electron chi connectivity index (χ4n) is 4.66. The summed E-state index contributed by atoms with van der Waals surface area (Å²) in [6, 6.07) is 16.4. The number of hydrogen-bond donors (Lipinski definition) is 1. The van der Waals surface area contributed by atoms with Crippen molar-refractivity contribution in [3.63, 3.8) is 0 Å². The molecule has 5 rings (SSSR count). The molecule has 0 fully saturated rings. The molecule has 33 heavy (non-hydrogen) atoms. The van der Waals surface area contributed by atoms with E-state index in [-0.39, 0.29) is 5.78 Å². The summed E-state index contributed by atoms with van der Waals surface area (Å²) in [6.45, 7) is 4.20. The Morgan fingerprint density at radius 1 is 1.18 bits per heavy atom. The van der Waals surface area contributed by atoms with Crippen LogP contribution < -0.4 is 10.6 Å². The van der Waals surface area contributed by atoms with Crippen molar-refractivity contribution in [1.29, 1.82) is 5.26 Å². The highest BCUT2D eigenvalue weighted by Crippen LogP contribution is 2.48. The van der Waals surface area contributed by atoms with Crippen LogP contribution >= 0.6 is 23.1 Å². The first-order valence-corrected chi connectivity index (χ1v) is 12.6. The summed E-state index contributed by atoms with van der Waals surface area (Å²) >= 11 is 3.07. The molecule has 3 aromatic rings. The topological polar surface area (TPSA) is 95.9 Å². The molecule has 2 heterocycles. The van der Waals surface area contributed by atoms with E-state index in [0.29, 0.717) is 40.2 Å². The molecule has 1 atom stereocenters. The van der Waals surface area contributed by atoms with Gasteiger partial charge in [-0.3, -0.25) is 9.69 Å². The maximum atomic E-state index is 13.3. The van der Waals surface area contributed by atoms with E-state index in [2.05, 4.69) is 30.1 Å². The van der Waals surface area contributed by atoms with Gasteiger partial charge >= 0.3 is 0 Å². The number of benzene rings is 2. The molecule has 2 N–H and O–H groups in total. The molecule has 0 saturated carbocycles. The van der Waals surface area contributed by atoms with Gasteiger partial charge in [-0.05, 0) is 29.2 Å². The molecule has 2 aliphatic rings. The molecule has 1 aliphatic carbocycles. The van der Waals surface area contributed by atoms with Gasteiger partial charge in [0.2, 0.25) is 5.13 Å². The van der Waals surface area contributed by atoms with Crippen molar-refractivity contribution in [2.24, 2.45) is 5.73 Å². The highest BCUT2D eigenvalue weighted by molar-refractivity contribution is 8.01. The first-order chi connectivity index (χ1) is 16.0. The second-order valence-corrected chi connectivity index (χ2v) is 11.2. The predicted octanol–water partition coefficient (Wildman–Crippen LogP) is 5.50. The third-order valence-electron chi connectivity index (χ3n) is 5.97. The lowest BCUT2D eigenvalue weighted by molar-refractivity contribution is -0.116. The van der Waals surface area contributed by atoms with Crippen LogP contribution in [0.1, 0.15) is 44.6 Å². The number of fused-ring (bicyclic) bond motifs is 1. The lowest BCUT2D eigenvalue weighted by Crippen LogP contribution is -2.38. The summed E-state index contributed by atoms with van der Waals surface area (Å²) in [5.41, 5.74) is 9.50. The van der Waals surface area contributed by atoms with Crippen LogP contribution in [0.3, 0.4) is 0 Å². The quantitative estimate of drug-likeness (QED) is 0.500. The third-order valence-corrected chi connectivity index (χ3v) is 7.97. The third kappa shape index (κ3) is 3.71. The van der Waals surface area contributed by atoms with E-state index in [1.54, 1.807) is 16.7 Å². The van der Waals surface area contributed by atoms with Crippen LogP contribution in [-0.2, 0) is 4.79 Å². The first-order valence-electron chi connectivity index (χ1n) is 10.9. The maximum Gasteiger partial charge on any atom is 0.219 e. The Morgan fingerprint density at radius 2 is 1.97 bits per heavy atom. The zero-order valence-electron chi connectivity index (χ0n) is 18.4. The molecule has 1 aliphatic heterocycles. The SMILES string of the molecule is CC(C)Sc1nnc(N2C(N)=C(C#N)C(c3cccc4ccccc34)C3=C2CCCC3=O)s1. The Labute approximate surface area is 200 Å². The van der Waals surface area contributed by atoms with Crippen molar-refractivity contribution >= 4 is 44.8 Å². The molecule has 8 heteroatoms. The number of nitrogens with two attached hydrogens (primary N) is 1. The average molecular weight is 474 g/mol. The van der Waals surface area contributed by atoms with E-state index < -0.39 is 5.92 Å². The number of allylic oxidation sites excluding steroid dienone is 3. The molecular formula is C25H23N5OS2. The van der Waals surface area contributed by atoms with Crippen molar-refractivity contribution in [2.75, 3.05) is 4.90 Å². The van der Waals surface area contributed by atoms with E-state index in [0.717, 1.165) is 32.8 Å². The number of nitrogens with zero attached hydrogens (tertiary/aromatic N) is 4. The Bertz CT molecular complexity index is 1360. The standard InChI is InChI=1S/C25H23N5OS2/c1-14(2)32-25-29-28-24(33-25)30-19-11-6-12-20(31)22(19)21(18(13-26)23(30)27)17-10-5-8-15-7-3-4-9-16(15)17/h3-5,7-10,14,21H,6,11-12,27H2,1-2H3. The van der Waals surface area contributed by atoms with Crippen molar-refractivity contribution in [1.82, 2.24) is 10.2 Å². The minimum absolute atomic E-state index is 0.0701. The molecular weight excluding hydrogens is 450 g/mol. The highest BCUT2D eigenvalue weighted by Gasteiger charge is 2.41. The predicted molar refractivity (Wildman–Crippen MR) is 133 cm³/mol. The van der Waals surface area contributed by atoms with Crippen LogP contribution in [0.5, 0.6) is 0 Å². The number of carbonyl (C=O) groups excluding carboxylic acids is 1. The summed E-state index contributed by atoms with van der Waals surface area (Å²) in [6.07, 6.45) is 1.92. The molecule has 0 amide bonds. The molecule has 166 valence electrons. The average Bonchev–Trinajstić information content (AvgIpc) is 3.25. The summed E-state index contributed by atoms with van der Waals surface area (Å²) < 4.78 is 0.840. The normalized spacial score (nSPS) is 18.8. The van der Waals surface area contributed by atoms with E-state index in [4.69, 9.17) is 5.73 Å². The fraction of sp³-hybridized carbons (Fsp3) is 0.280. The second kappa shape index (κ2) is 8.65. The fourth-order valence-corrected chi connectivity index (χ4v) is 6.76. The van der Waals surface area contributed by atoms with Crippen LogP contribution in [0.2, 0.25) is 0 Å². The van der Waals surface area contributed by atoms with Gasteiger partial charge in [-0.15, -0.1) is 10.2 Å². The van der Waals surface area contributed by atoms with Crippen LogP contribution in [-0.4, -0.2) is 21.2 Å². The van der Waals surface area contributed by atoms with Crippen molar-refractivity contribution in [3.05, 3.63) is 70.7 Å². The first kappa shape index (κ1) is 21.7. The molecule has 0 radical (unpaired) electrons. The van der Waals surface area contributed by atoms with E-state index >= 15 is 0 Å². The number of rotatable bonds is 4. The summed E-state index contributed by atoms with van der Waals surface area (Å²) in [5, 5.41) is 22.0. The van der Waals surface area contributed by atoms with Crippen molar-refractivity contribution in [2.45, 2.75) is 48.6 Å². The number of anilines is 1. The number of aromatic nitrogens is 2. The van der Waals surface area contributed by atoms with Gasteiger partial charge in [-0.1, -0.05) is 79.4 Å². The monoisotopic (exact) mass is 473 g/mol. The maximum absolute atomic E-state index is 13.3. The van der Waals surface area contributed by atoms with E-state index in [9.17, 15) is 10.1 Å². The zero-order valence-corrected chi connectivity index (χ0v) is 20.0. The van der Waals surface area contributed by atoms with E-state index in [1.807, 2.05) is 42.5 Å². The Morgan fingerprint density at radius 3 is 2.76 bits per heavy atom. The lowest BCUT2D eigenvalue weighted by Gasteiger charge is -2.38. The van der Waals surface area contributed by atoms with Gasteiger partial charge in [0.15, 0.2) is 10.1 Å². The van der Waals surface area contributed by atoms with Gasteiger partial charge in [0, 0.05) is 22.9 Å². The largest absolute Gasteiger partial charge is 0.384 e. The van der Waals surface area contributed by atoms with Gasteiger partial charge in [0.05, 0.1) is 17.6 Å². The minimum atomic E-state index is -0.488. The lowest BCUT2D eigenvalue weighted by atomic mass is 9.74. The Kier molecular flexibility index (Phi) is 5.69. The Balaban J connectivity index is 1.73. The highest BCUT2D eigenvalue weighted by atomic mass is 32.2. The smallest absolute Gasteiger partial charge is 0.219 e. The Hall–Kier alpha value is -3.15. The van der Waals surface area contributed by atoms with Crippen LogP contribution in [0, 0.1) is 11.3 Å². The van der Waals surface area contributed by atoms with Gasteiger partial charge in [0.25, 0.3) is 0 Å². The molecule has 1 aromatic heterocycles. The van der Waals surface area contributed by atoms with Crippen LogP contribution in [0.25, 0.3) is 10.8 Å². The molecule has 0 bridgehead atoms. The van der Waals surface area contributed by atoms with Crippen molar-refractivity contribution in [3.8, 4) is 6.07 Å². The molecule has 2 aromatic carbocycles. The summed E-state index contributed by atoms with van der Waals surface area (Å²) in [7, 11) is 0. The van der Waals surface area contributed by atoms with Gasteiger partial charge in [0.1, 0.15) is 5.82 Å². The number of carbonyl (C=O) groups is 1. The second-order valence-electron chi connectivity index (χ2n) is 8.40. The summed E-state index contributed by atoms with van der Waals surface area (Å²) in [5.74, 6) is -0.0839. The van der Waals surface area contributed by atoms with E-state index in [1.165, 1.54) is 11.3 Å². The van der Waals surface area contributed by atoms with Gasteiger partial charge < -0.3 is 5.73 Å². The van der Waals surface area contributed by atoms with Crippen LogP contribution in [0.15, 0.2) is 69.5 Å². The summed E-state index contributed by atoms with van der Waals surface area (Å²) in [4.78, 5) is 15.2. The number of Topliss-reactive ketones (excluding diaryl/α,β-unsaturated/α-hetero) is 1. The number of thioether (sulfide) groups is 1. The van der Waals surface area contributed by atoms with Crippen molar-refractivity contribution < 1.29 is 4.79 Å². The molecule has 0 saturated heterocycles. The number of hydrogen-bond acceptors (Lipinski definition) is 8. The minimum Gasteiger partial charge on any atom is -0.384 e. The zero-order chi connectivity index (χ0) is 23.1. The molecule has 0 spiro atoms.